The molecule has 0 unspecified atom stereocenters. The lowest BCUT2D eigenvalue weighted by molar-refractivity contribution is -0.386. The third kappa shape index (κ3) is 1.78. The highest BCUT2D eigenvalue weighted by atomic mass is 16.6. The highest BCUT2D eigenvalue weighted by molar-refractivity contribution is 5.38. The average Bonchev–Trinajstić information content (AvgIpc) is 2.54. The lowest BCUT2D eigenvalue weighted by Crippen LogP contribution is -2.46. The Morgan fingerprint density at radius 3 is 3.00 bits per heavy atom. The molecule has 0 saturated carbocycles. The summed E-state index contributed by atoms with van der Waals surface area (Å²) in [5.74, 6) is 0.0580. The van der Waals surface area contributed by atoms with Gasteiger partial charge in [0.2, 0.25) is 0 Å². The molecule has 0 radical (unpaired) electrons. The first-order chi connectivity index (χ1) is 7.08. The van der Waals surface area contributed by atoms with E-state index in [4.69, 9.17) is 9.47 Å². The van der Waals surface area contributed by atoms with Crippen LogP contribution in [0.3, 0.4) is 0 Å². The summed E-state index contributed by atoms with van der Waals surface area (Å²) in [5, 5.41) is 14.5. The van der Waals surface area contributed by atoms with Crippen molar-refractivity contribution in [3.8, 4) is 5.88 Å². The minimum absolute atomic E-state index is 0.0355. The van der Waals surface area contributed by atoms with E-state index in [0.717, 1.165) is 0 Å². The molecule has 1 fully saturated rings. The minimum atomic E-state index is -0.507. The SMILES string of the molecule is C[C@H]1OC[C@H]1Oc1nn(C)cc1[N+](=O)[O-]. The largest absolute Gasteiger partial charge is 0.463 e. The smallest absolute Gasteiger partial charge is 0.350 e. The predicted molar refractivity (Wildman–Crippen MR) is 49.7 cm³/mol. The van der Waals surface area contributed by atoms with E-state index in [1.54, 1.807) is 7.05 Å². The van der Waals surface area contributed by atoms with Crippen LogP contribution in [0, 0.1) is 10.1 Å². The molecule has 0 aromatic carbocycles. The number of aryl methyl sites for hydroxylation is 1. The van der Waals surface area contributed by atoms with Crippen molar-refractivity contribution in [2.24, 2.45) is 7.05 Å². The van der Waals surface area contributed by atoms with Gasteiger partial charge in [0.1, 0.15) is 12.3 Å². The monoisotopic (exact) mass is 213 g/mol. The molecule has 7 heteroatoms. The standard InChI is InChI=1S/C8H11N3O4/c1-5-7(4-14-5)15-8-6(11(12)13)3-10(2)9-8/h3,5,7H,4H2,1-2H3/t5-,7-/m1/s1. The molecule has 1 aliphatic heterocycles. The Morgan fingerprint density at radius 2 is 2.53 bits per heavy atom. The summed E-state index contributed by atoms with van der Waals surface area (Å²) in [7, 11) is 1.61. The Labute approximate surface area is 85.7 Å². The van der Waals surface area contributed by atoms with Gasteiger partial charge in [-0.1, -0.05) is 0 Å². The van der Waals surface area contributed by atoms with E-state index in [-0.39, 0.29) is 23.8 Å². The lowest BCUT2D eigenvalue weighted by Gasteiger charge is -2.32. The minimum Gasteiger partial charge on any atom is -0.463 e. The van der Waals surface area contributed by atoms with Crippen molar-refractivity contribution in [2.75, 3.05) is 6.61 Å². The van der Waals surface area contributed by atoms with Gasteiger partial charge in [-0.05, 0) is 6.92 Å². The fraction of sp³-hybridized carbons (Fsp3) is 0.625. The summed E-state index contributed by atoms with van der Waals surface area (Å²) in [5.41, 5.74) is -0.114. The van der Waals surface area contributed by atoms with Gasteiger partial charge < -0.3 is 9.47 Å². The van der Waals surface area contributed by atoms with Crippen LogP contribution in [-0.4, -0.2) is 33.5 Å². The summed E-state index contributed by atoms with van der Waals surface area (Å²) in [4.78, 5) is 10.1. The Bertz CT molecular complexity index is 389. The molecule has 7 nitrogen and oxygen atoms in total. The fourth-order valence-corrected chi connectivity index (χ4v) is 1.31. The molecule has 1 aliphatic rings. The summed E-state index contributed by atoms with van der Waals surface area (Å²) < 4.78 is 11.8. The Kier molecular flexibility index (Phi) is 2.31. The average molecular weight is 213 g/mol. The van der Waals surface area contributed by atoms with E-state index in [9.17, 15) is 10.1 Å². The van der Waals surface area contributed by atoms with Gasteiger partial charge >= 0.3 is 11.6 Å². The number of hydrogen-bond acceptors (Lipinski definition) is 5. The number of ether oxygens (including phenoxy) is 2. The van der Waals surface area contributed by atoms with Gasteiger partial charge in [-0.25, -0.2) is 0 Å². The quantitative estimate of drug-likeness (QED) is 0.539. The van der Waals surface area contributed by atoms with E-state index >= 15 is 0 Å². The third-order valence-corrected chi connectivity index (χ3v) is 2.28. The number of nitrogens with zero attached hydrogens (tertiary/aromatic N) is 3. The van der Waals surface area contributed by atoms with Gasteiger partial charge in [0.25, 0.3) is 0 Å². The molecular weight excluding hydrogens is 202 g/mol. The van der Waals surface area contributed by atoms with Gasteiger partial charge in [-0.2, -0.15) is 0 Å². The van der Waals surface area contributed by atoms with Crippen LogP contribution in [0.5, 0.6) is 5.88 Å². The van der Waals surface area contributed by atoms with Crippen molar-refractivity contribution in [3.05, 3.63) is 16.3 Å². The van der Waals surface area contributed by atoms with E-state index in [0.29, 0.717) is 6.61 Å². The first-order valence-corrected chi connectivity index (χ1v) is 4.54. The Hall–Kier alpha value is -1.63. The van der Waals surface area contributed by atoms with Crippen LogP contribution < -0.4 is 4.74 Å². The molecule has 1 aromatic rings. The number of aromatic nitrogens is 2. The van der Waals surface area contributed by atoms with Gasteiger partial charge in [-0.15, -0.1) is 5.10 Å². The van der Waals surface area contributed by atoms with Gasteiger partial charge in [0.05, 0.1) is 17.6 Å². The first-order valence-electron chi connectivity index (χ1n) is 4.54. The second-order valence-corrected chi connectivity index (χ2v) is 3.45. The fourth-order valence-electron chi connectivity index (χ4n) is 1.31. The van der Waals surface area contributed by atoms with Crippen molar-refractivity contribution in [3.63, 3.8) is 0 Å². The third-order valence-electron chi connectivity index (χ3n) is 2.28. The van der Waals surface area contributed by atoms with Gasteiger partial charge in [0, 0.05) is 7.05 Å². The first kappa shape index (κ1) is 9.91. The van der Waals surface area contributed by atoms with Gasteiger partial charge in [-0.3, -0.25) is 14.8 Å². The Balaban J connectivity index is 2.16. The molecule has 1 aromatic heterocycles. The lowest BCUT2D eigenvalue weighted by atomic mass is 10.2. The highest BCUT2D eigenvalue weighted by Crippen LogP contribution is 2.27. The van der Waals surface area contributed by atoms with E-state index in [2.05, 4.69) is 5.10 Å². The molecule has 82 valence electrons. The highest BCUT2D eigenvalue weighted by Gasteiger charge is 2.33. The maximum atomic E-state index is 10.6. The van der Waals surface area contributed by atoms with Crippen LogP contribution in [-0.2, 0) is 11.8 Å². The van der Waals surface area contributed by atoms with Crippen molar-refractivity contribution in [1.82, 2.24) is 9.78 Å². The molecule has 0 spiro atoms. The number of nitro groups is 1. The second-order valence-electron chi connectivity index (χ2n) is 3.45. The molecular formula is C8H11N3O4. The molecule has 2 heterocycles. The van der Waals surface area contributed by atoms with Gasteiger partial charge in [0.15, 0.2) is 0 Å². The van der Waals surface area contributed by atoms with Crippen LogP contribution >= 0.6 is 0 Å². The molecule has 2 rings (SSSR count). The van der Waals surface area contributed by atoms with Crippen LogP contribution in [0.4, 0.5) is 5.69 Å². The van der Waals surface area contributed by atoms with Crippen LogP contribution in [0.2, 0.25) is 0 Å². The van der Waals surface area contributed by atoms with Crippen molar-refractivity contribution < 1.29 is 14.4 Å². The van der Waals surface area contributed by atoms with Crippen molar-refractivity contribution >= 4 is 5.69 Å². The molecule has 1 saturated heterocycles. The summed E-state index contributed by atoms with van der Waals surface area (Å²) in [6.45, 7) is 2.30. The summed E-state index contributed by atoms with van der Waals surface area (Å²) in [6, 6.07) is 0. The van der Waals surface area contributed by atoms with Crippen molar-refractivity contribution in [2.45, 2.75) is 19.1 Å². The van der Waals surface area contributed by atoms with Crippen molar-refractivity contribution in [1.29, 1.82) is 0 Å². The number of rotatable bonds is 3. The van der Waals surface area contributed by atoms with Crippen LogP contribution in [0.15, 0.2) is 6.20 Å². The van der Waals surface area contributed by atoms with E-state index in [1.807, 2.05) is 6.92 Å². The molecule has 0 bridgehead atoms. The maximum Gasteiger partial charge on any atom is 0.350 e. The second kappa shape index (κ2) is 3.50. The van der Waals surface area contributed by atoms with E-state index < -0.39 is 4.92 Å². The summed E-state index contributed by atoms with van der Waals surface area (Å²) in [6.07, 6.45) is 1.14. The zero-order valence-electron chi connectivity index (χ0n) is 8.41. The summed E-state index contributed by atoms with van der Waals surface area (Å²) >= 11 is 0. The maximum absolute atomic E-state index is 10.6. The number of hydrogen-bond donors (Lipinski definition) is 0. The van der Waals surface area contributed by atoms with Crippen LogP contribution in [0.25, 0.3) is 0 Å². The predicted octanol–water partition coefficient (Wildman–Crippen LogP) is 0.494. The zero-order valence-corrected chi connectivity index (χ0v) is 8.41. The van der Waals surface area contributed by atoms with E-state index in [1.165, 1.54) is 10.9 Å². The van der Waals surface area contributed by atoms with Crippen LogP contribution in [0.1, 0.15) is 6.92 Å². The molecule has 0 N–H and O–H groups in total. The zero-order chi connectivity index (χ0) is 11.0. The topological polar surface area (TPSA) is 79.4 Å². The molecule has 2 atom stereocenters. The molecule has 0 aliphatic carbocycles. The molecule has 0 amide bonds. The molecule has 15 heavy (non-hydrogen) atoms. The Morgan fingerprint density at radius 1 is 1.80 bits per heavy atom. The normalized spacial score (nSPS) is 24.7.